The third kappa shape index (κ3) is 4.66. The number of aromatic nitrogens is 3. The Morgan fingerprint density at radius 1 is 1.00 bits per heavy atom. The number of benzene rings is 2. The number of hydrogen-bond acceptors (Lipinski definition) is 6. The Kier molecular flexibility index (Phi) is 6.17. The van der Waals surface area contributed by atoms with E-state index in [1.54, 1.807) is 7.11 Å². The smallest absolute Gasteiger partial charge is 0.232 e. The van der Waals surface area contributed by atoms with E-state index < -0.39 is 0 Å². The molecule has 5 rings (SSSR count). The Labute approximate surface area is 198 Å². The van der Waals surface area contributed by atoms with Crippen LogP contribution < -0.4 is 10.1 Å². The number of nitrogens with zero attached hydrogens (tertiary/aromatic N) is 4. The SMILES string of the molecule is COc1nc(Nc2ccc(CN3CCN(C)CC3)cc2)nc2[nH]cc(-c3ccccc3Cl)c12. The van der Waals surface area contributed by atoms with Gasteiger partial charge in [0.1, 0.15) is 5.65 Å². The number of rotatable bonds is 6. The zero-order valence-corrected chi connectivity index (χ0v) is 19.6. The van der Waals surface area contributed by atoms with Crippen LogP contribution in [0.4, 0.5) is 11.6 Å². The maximum atomic E-state index is 6.42. The summed E-state index contributed by atoms with van der Waals surface area (Å²) in [6.45, 7) is 5.43. The highest BCUT2D eigenvalue weighted by molar-refractivity contribution is 6.33. The monoisotopic (exact) mass is 462 g/mol. The second kappa shape index (κ2) is 9.39. The van der Waals surface area contributed by atoms with Gasteiger partial charge in [-0.1, -0.05) is 41.9 Å². The predicted octanol–water partition coefficient (Wildman–Crippen LogP) is 4.78. The van der Waals surface area contributed by atoms with Crippen molar-refractivity contribution in [2.75, 3.05) is 45.7 Å². The zero-order valence-electron chi connectivity index (χ0n) is 18.8. The van der Waals surface area contributed by atoms with Crippen molar-refractivity contribution in [2.24, 2.45) is 0 Å². The normalized spacial score (nSPS) is 15.1. The summed E-state index contributed by atoms with van der Waals surface area (Å²) in [4.78, 5) is 17.4. The molecule has 33 heavy (non-hydrogen) atoms. The molecule has 1 saturated heterocycles. The molecule has 2 N–H and O–H groups in total. The fourth-order valence-electron chi connectivity index (χ4n) is 4.18. The first-order valence-electron chi connectivity index (χ1n) is 11.1. The molecule has 1 aliphatic rings. The van der Waals surface area contributed by atoms with Crippen LogP contribution in [0.5, 0.6) is 5.88 Å². The lowest BCUT2D eigenvalue weighted by molar-refractivity contribution is 0.148. The largest absolute Gasteiger partial charge is 0.480 e. The maximum Gasteiger partial charge on any atom is 0.232 e. The van der Waals surface area contributed by atoms with Crippen molar-refractivity contribution in [1.82, 2.24) is 24.8 Å². The van der Waals surface area contributed by atoms with Crippen molar-refractivity contribution in [2.45, 2.75) is 6.54 Å². The molecule has 0 atom stereocenters. The van der Waals surface area contributed by atoms with Gasteiger partial charge in [-0.3, -0.25) is 4.90 Å². The Balaban J connectivity index is 1.36. The molecule has 0 unspecified atom stereocenters. The van der Waals surface area contributed by atoms with Crippen LogP contribution in [0.3, 0.4) is 0 Å². The Hall–Kier alpha value is -3.13. The number of anilines is 2. The van der Waals surface area contributed by atoms with Gasteiger partial charge >= 0.3 is 0 Å². The summed E-state index contributed by atoms with van der Waals surface area (Å²) in [5, 5.41) is 4.77. The summed E-state index contributed by atoms with van der Waals surface area (Å²) in [5.74, 6) is 0.962. The van der Waals surface area contributed by atoms with Gasteiger partial charge < -0.3 is 19.9 Å². The Morgan fingerprint density at radius 2 is 1.76 bits per heavy atom. The van der Waals surface area contributed by atoms with E-state index in [0.717, 1.165) is 54.9 Å². The molecule has 3 heterocycles. The lowest BCUT2D eigenvalue weighted by Gasteiger charge is -2.32. The number of aromatic amines is 1. The van der Waals surface area contributed by atoms with Crippen LogP contribution in [0.1, 0.15) is 5.56 Å². The molecule has 0 amide bonds. The van der Waals surface area contributed by atoms with Crippen molar-refractivity contribution in [3.8, 4) is 17.0 Å². The Bertz CT molecular complexity index is 1250. The minimum absolute atomic E-state index is 0.471. The number of halogens is 1. The molecular weight excluding hydrogens is 436 g/mol. The number of nitrogens with one attached hydrogen (secondary N) is 2. The van der Waals surface area contributed by atoms with Crippen molar-refractivity contribution in [3.05, 3.63) is 65.3 Å². The van der Waals surface area contributed by atoms with E-state index in [1.165, 1.54) is 5.56 Å². The van der Waals surface area contributed by atoms with E-state index in [4.69, 9.17) is 16.3 Å². The first-order chi connectivity index (χ1) is 16.1. The average Bonchev–Trinajstić information content (AvgIpc) is 3.25. The lowest BCUT2D eigenvalue weighted by atomic mass is 10.1. The summed E-state index contributed by atoms with van der Waals surface area (Å²) in [6.07, 6.45) is 1.89. The van der Waals surface area contributed by atoms with Gasteiger partial charge in [-0.05, 0) is 30.8 Å². The molecule has 1 fully saturated rings. The predicted molar refractivity (Wildman–Crippen MR) is 133 cm³/mol. The zero-order chi connectivity index (χ0) is 22.8. The minimum Gasteiger partial charge on any atom is -0.480 e. The highest BCUT2D eigenvalue weighted by Gasteiger charge is 2.18. The molecule has 2 aromatic heterocycles. The molecule has 7 nitrogen and oxygen atoms in total. The summed E-state index contributed by atoms with van der Waals surface area (Å²) < 4.78 is 5.61. The van der Waals surface area contributed by atoms with Gasteiger partial charge in [0.15, 0.2) is 0 Å². The van der Waals surface area contributed by atoms with Crippen molar-refractivity contribution in [3.63, 3.8) is 0 Å². The molecule has 0 radical (unpaired) electrons. The highest BCUT2D eigenvalue weighted by Crippen LogP contribution is 2.37. The second-order valence-corrected chi connectivity index (χ2v) is 8.77. The molecule has 0 aliphatic carbocycles. The summed E-state index contributed by atoms with van der Waals surface area (Å²) in [6, 6.07) is 16.1. The van der Waals surface area contributed by atoms with Crippen LogP contribution in [0, 0.1) is 0 Å². The van der Waals surface area contributed by atoms with Gasteiger partial charge in [0.2, 0.25) is 11.8 Å². The van der Waals surface area contributed by atoms with Crippen LogP contribution in [0.15, 0.2) is 54.7 Å². The highest BCUT2D eigenvalue weighted by atomic mass is 35.5. The van der Waals surface area contributed by atoms with Crippen molar-refractivity contribution in [1.29, 1.82) is 0 Å². The Morgan fingerprint density at radius 3 is 2.48 bits per heavy atom. The van der Waals surface area contributed by atoms with E-state index in [9.17, 15) is 0 Å². The molecule has 0 saturated carbocycles. The molecule has 0 spiro atoms. The molecular formula is C25H27ClN6O. The van der Waals surface area contributed by atoms with Crippen LogP contribution in [0.25, 0.3) is 22.2 Å². The van der Waals surface area contributed by atoms with Gasteiger partial charge in [0.25, 0.3) is 0 Å². The first-order valence-corrected chi connectivity index (χ1v) is 11.4. The fraction of sp³-hybridized carbons (Fsp3) is 0.280. The van der Waals surface area contributed by atoms with Gasteiger partial charge in [-0.15, -0.1) is 0 Å². The van der Waals surface area contributed by atoms with Gasteiger partial charge in [0.05, 0.1) is 12.5 Å². The maximum absolute atomic E-state index is 6.42. The quantitative estimate of drug-likeness (QED) is 0.430. The fourth-order valence-corrected chi connectivity index (χ4v) is 4.42. The van der Waals surface area contributed by atoms with Gasteiger partial charge in [-0.2, -0.15) is 9.97 Å². The molecule has 2 aromatic carbocycles. The number of likely N-dealkylation sites (N-methyl/N-ethyl adjacent to an activating group) is 1. The summed E-state index contributed by atoms with van der Waals surface area (Å²) >= 11 is 6.42. The molecule has 170 valence electrons. The molecule has 4 aromatic rings. The van der Waals surface area contributed by atoms with E-state index in [-0.39, 0.29) is 0 Å². The number of methoxy groups -OCH3 is 1. The van der Waals surface area contributed by atoms with Crippen molar-refractivity contribution < 1.29 is 4.74 Å². The molecule has 1 aliphatic heterocycles. The van der Waals surface area contributed by atoms with Gasteiger partial charge in [0, 0.05) is 60.8 Å². The van der Waals surface area contributed by atoms with E-state index >= 15 is 0 Å². The van der Waals surface area contributed by atoms with Crippen LogP contribution in [0.2, 0.25) is 5.02 Å². The van der Waals surface area contributed by atoms with Crippen LogP contribution in [-0.4, -0.2) is 65.1 Å². The number of fused-ring (bicyclic) bond motifs is 1. The number of H-pyrrole nitrogens is 1. The minimum atomic E-state index is 0.471. The molecule has 8 heteroatoms. The number of hydrogen-bond donors (Lipinski definition) is 2. The first kappa shape index (κ1) is 21.7. The topological polar surface area (TPSA) is 69.3 Å². The molecule has 0 bridgehead atoms. The average molecular weight is 463 g/mol. The van der Waals surface area contributed by atoms with Crippen LogP contribution >= 0.6 is 11.6 Å². The van der Waals surface area contributed by atoms with E-state index in [1.807, 2.05) is 30.5 Å². The third-order valence-electron chi connectivity index (χ3n) is 6.07. The number of ether oxygens (including phenoxy) is 1. The van der Waals surface area contributed by atoms with E-state index in [2.05, 4.69) is 61.4 Å². The second-order valence-electron chi connectivity index (χ2n) is 8.36. The standard InChI is InChI=1S/C25H27ClN6O/c1-31-11-13-32(14-12-31)16-17-7-9-18(10-8-17)28-25-29-23-22(24(30-25)33-2)20(15-27-23)19-5-3-4-6-21(19)26/h3-10,15H,11-14,16H2,1-2H3,(H2,27,28,29,30). The van der Waals surface area contributed by atoms with Crippen LogP contribution in [-0.2, 0) is 6.54 Å². The van der Waals surface area contributed by atoms with Gasteiger partial charge in [-0.25, -0.2) is 0 Å². The lowest BCUT2D eigenvalue weighted by Crippen LogP contribution is -2.43. The third-order valence-corrected chi connectivity index (χ3v) is 6.40. The van der Waals surface area contributed by atoms with Crippen molar-refractivity contribution >= 4 is 34.3 Å². The van der Waals surface area contributed by atoms with E-state index in [0.29, 0.717) is 22.5 Å². The number of piperazine rings is 1. The summed E-state index contributed by atoms with van der Waals surface area (Å²) in [5.41, 5.74) is 4.73. The summed E-state index contributed by atoms with van der Waals surface area (Å²) in [7, 11) is 3.79.